The fourth-order valence-corrected chi connectivity index (χ4v) is 1.65. The summed E-state index contributed by atoms with van der Waals surface area (Å²) in [7, 11) is 0. The van der Waals surface area contributed by atoms with E-state index in [4.69, 9.17) is 10.5 Å². The van der Waals surface area contributed by atoms with Gasteiger partial charge >= 0.3 is 5.97 Å². The van der Waals surface area contributed by atoms with Crippen LogP contribution in [-0.4, -0.2) is 15.7 Å². The number of ether oxygens (including phenoxy) is 1. The minimum Gasteiger partial charge on any atom is -0.459 e. The lowest BCUT2D eigenvalue weighted by atomic mass is 10.2. The van der Waals surface area contributed by atoms with Crippen LogP contribution in [0.2, 0.25) is 0 Å². The van der Waals surface area contributed by atoms with Crippen LogP contribution in [0.4, 0.5) is 5.82 Å². The SMILES string of the molecule is Nc1ccn(CC(=O)OCc2ccc(Br)cc2)n1. The molecule has 2 N–H and O–H groups in total. The molecule has 0 saturated heterocycles. The smallest absolute Gasteiger partial charge is 0.328 e. The van der Waals surface area contributed by atoms with E-state index >= 15 is 0 Å². The molecule has 1 aromatic heterocycles. The topological polar surface area (TPSA) is 70.1 Å². The van der Waals surface area contributed by atoms with Crippen LogP contribution in [0, 0.1) is 0 Å². The largest absolute Gasteiger partial charge is 0.459 e. The van der Waals surface area contributed by atoms with Crippen LogP contribution in [0.15, 0.2) is 41.0 Å². The van der Waals surface area contributed by atoms with Crippen molar-refractivity contribution in [2.45, 2.75) is 13.2 Å². The summed E-state index contributed by atoms with van der Waals surface area (Å²) < 4.78 is 7.56. The Hall–Kier alpha value is -1.82. The number of anilines is 1. The second-order valence-corrected chi connectivity index (χ2v) is 4.64. The fraction of sp³-hybridized carbons (Fsp3) is 0.167. The van der Waals surface area contributed by atoms with Gasteiger partial charge in [0, 0.05) is 10.7 Å². The van der Waals surface area contributed by atoms with Crippen molar-refractivity contribution in [3.8, 4) is 0 Å². The van der Waals surface area contributed by atoms with Gasteiger partial charge in [-0.1, -0.05) is 28.1 Å². The van der Waals surface area contributed by atoms with Crippen LogP contribution >= 0.6 is 15.9 Å². The lowest BCUT2D eigenvalue weighted by Crippen LogP contribution is -2.14. The second-order valence-electron chi connectivity index (χ2n) is 3.73. The molecule has 0 aliphatic rings. The molecule has 18 heavy (non-hydrogen) atoms. The van der Waals surface area contributed by atoms with Crippen molar-refractivity contribution < 1.29 is 9.53 Å². The van der Waals surface area contributed by atoms with Crippen LogP contribution in [0.1, 0.15) is 5.56 Å². The summed E-state index contributed by atoms with van der Waals surface area (Å²) in [5.74, 6) is 0.0386. The molecule has 5 nitrogen and oxygen atoms in total. The van der Waals surface area contributed by atoms with E-state index < -0.39 is 0 Å². The molecular weight excluding hydrogens is 298 g/mol. The molecular formula is C12H12BrN3O2. The summed E-state index contributed by atoms with van der Waals surface area (Å²) >= 11 is 3.34. The highest BCUT2D eigenvalue weighted by Crippen LogP contribution is 2.11. The molecule has 2 rings (SSSR count). The molecule has 1 heterocycles. The summed E-state index contributed by atoms with van der Waals surface area (Å²) in [6, 6.07) is 9.21. The second kappa shape index (κ2) is 5.68. The lowest BCUT2D eigenvalue weighted by Gasteiger charge is -2.05. The molecule has 0 unspecified atom stereocenters. The van der Waals surface area contributed by atoms with Crippen LogP contribution in [0.5, 0.6) is 0 Å². The number of halogens is 1. The average Bonchev–Trinajstić information content (AvgIpc) is 2.74. The van der Waals surface area contributed by atoms with Gasteiger partial charge in [0.15, 0.2) is 0 Å². The van der Waals surface area contributed by atoms with Gasteiger partial charge in [-0.2, -0.15) is 5.10 Å². The molecule has 0 fully saturated rings. The van der Waals surface area contributed by atoms with Gasteiger partial charge in [0.25, 0.3) is 0 Å². The highest BCUT2D eigenvalue weighted by atomic mass is 79.9. The third-order valence-electron chi connectivity index (χ3n) is 2.27. The van der Waals surface area contributed by atoms with Crippen molar-refractivity contribution in [2.24, 2.45) is 0 Å². The minimum atomic E-state index is -0.346. The molecule has 0 atom stereocenters. The van der Waals surface area contributed by atoms with Gasteiger partial charge in [0.05, 0.1) is 0 Å². The zero-order valence-electron chi connectivity index (χ0n) is 9.54. The van der Waals surface area contributed by atoms with E-state index in [2.05, 4.69) is 21.0 Å². The Morgan fingerprint density at radius 1 is 1.33 bits per heavy atom. The van der Waals surface area contributed by atoms with Crippen molar-refractivity contribution in [1.29, 1.82) is 0 Å². The highest BCUT2D eigenvalue weighted by molar-refractivity contribution is 9.10. The molecule has 6 heteroatoms. The average molecular weight is 310 g/mol. The lowest BCUT2D eigenvalue weighted by molar-refractivity contribution is -0.145. The Bertz CT molecular complexity index is 537. The van der Waals surface area contributed by atoms with Gasteiger partial charge in [-0.05, 0) is 23.8 Å². The minimum absolute atomic E-state index is 0.0632. The number of rotatable bonds is 4. The van der Waals surface area contributed by atoms with Gasteiger partial charge in [0.1, 0.15) is 19.0 Å². The number of benzene rings is 1. The quantitative estimate of drug-likeness (QED) is 0.877. The van der Waals surface area contributed by atoms with Gasteiger partial charge in [-0.25, -0.2) is 0 Å². The van der Waals surface area contributed by atoms with Crippen molar-refractivity contribution in [1.82, 2.24) is 9.78 Å². The molecule has 0 bridgehead atoms. The predicted octanol–water partition coefficient (Wildman–Crippen LogP) is 1.97. The number of carbonyl (C=O) groups excluding carboxylic acids is 1. The Kier molecular flexibility index (Phi) is 3.99. The number of aromatic nitrogens is 2. The zero-order valence-corrected chi connectivity index (χ0v) is 11.1. The fourth-order valence-electron chi connectivity index (χ4n) is 1.39. The van der Waals surface area contributed by atoms with Gasteiger partial charge < -0.3 is 10.5 Å². The van der Waals surface area contributed by atoms with E-state index in [-0.39, 0.29) is 19.1 Å². The Labute approximate surface area is 113 Å². The number of hydrogen-bond donors (Lipinski definition) is 1. The summed E-state index contributed by atoms with van der Waals surface area (Å²) in [6.07, 6.45) is 1.64. The summed E-state index contributed by atoms with van der Waals surface area (Å²) in [4.78, 5) is 11.5. The summed E-state index contributed by atoms with van der Waals surface area (Å²) in [5, 5.41) is 3.90. The number of carbonyl (C=O) groups is 1. The first-order valence-corrected chi connectivity index (χ1v) is 6.12. The van der Waals surface area contributed by atoms with Crippen LogP contribution in [0.3, 0.4) is 0 Å². The highest BCUT2D eigenvalue weighted by Gasteiger charge is 2.05. The first kappa shape index (κ1) is 12.6. The van der Waals surface area contributed by atoms with Crippen molar-refractivity contribution >= 4 is 27.7 Å². The van der Waals surface area contributed by atoms with Gasteiger partial charge in [-0.3, -0.25) is 9.48 Å². The van der Waals surface area contributed by atoms with Gasteiger partial charge in [-0.15, -0.1) is 0 Å². The molecule has 94 valence electrons. The van der Waals surface area contributed by atoms with Crippen molar-refractivity contribution in [3.05, 3.63) is 46.6 Å². The third-order valence-corrected chi connectivity index (χ3v) is 2.79. The third kappa shape index (κ3) is 3.59. The normalized spacial score (nSPS) is 10.3. The van der Waals surface area contributed by atoms with E-state index in [1.165, 1.54) is 4.68 Å². The Morgan fingerprint density at radius 2 is 2.06 bits per heavy atom. The number of hydrogen-bond acceptors (Lipinski definition) is 4. The maximum absolute atomic E-state index is 11.5. The number of nitrogens with two attached hydrogens (primary N) is 1. The molecule has 0 aliphatic carbocycles. The first-order chi connectivity index (χ1) is 8.63. The molecule has 2 aromatic rings. The Morgan fingerprint density at radius 3 is 2.67 bits per heavy atom. The standard InChI is InChI=1S/C12H12BrN3O2/c13-10-3-1-9(2-4-10)8-18-12(17)7-16-6-5-11(14)15-16/h1-6H,7-8H2,(H2,14,15). The molecule has 0 amide bonds. The molecule has 0 radical (unpaired) electrons. The van der Waals surface area contributed by atoms with Crippen LogP contribution in [-0.2, 0) is 22.7 Å². The first-order valence-electron chi connectivity index (χ1n) is 5.32. The number of esters is 1. The zero-order chi connectivity index (χ0) is 13.0. The van der Waals surface area contributed by atoms with Crippen LogP contribution in [0.25, 0.3) is 0 Å². The maximum Gasteiger partial charge on any atom is 0.328 e. The molecule has 0 aliphatic heterocycles. The van der Waals surface area contributed by atoms with Gasteiger partial charge in [0.2, 0.25) is 0 Å². The van der Waals surface area contributed by atoms with E-state index in [0.717, 1.165) is 10.0 Å². The van der Waals surface area contributed by atoms with E-state index in [1.807, 2.05) is 24.3 Å². The molecule has 0 saturated carbocycles. The van der Waals surface area contributed by atoms with E-state index in [9.17, 15) is 4.79 Å². The monoisotopic (exact) mass is 309 g/mol. The Balaban J connectivity index is 1.83. The molecule has 1 aromatic carbocycles. The number of nitrogens with zero attached hydrogens (tertiary/aromatic N) is 2. The van der Waals surface area contributed by atoms with Crippen molar-refractivity contribution in [3.63, 3.8) is 0 Å². The van der Waals surface area contributed by atoms with Crippen molar-refractivity contribution in [2.75, 3.05) is 5.73 Å². The maximum atomic E-state index is 11.5. The van der Waals surface area contributed by atoms with E-state index in [0.29, 0.717) is 5.82 Å². The summed E-state index contributed by atoms with van der Waals surface area (Å²) in [6.45, 7) is 0.316. The summed E-state index contributed by atoms with van der Waals surface area (Å²) in [5.41, 5.74) is 6.38. The van der Waals surface area contributed by atoms with Crippen LogP contribution < -0.4 is 5.73 Å². The van der Waals surface area contributed by atoms with E-state index in [1.54, 1.807) is 12.3 Å². The molecule has 0 spiro atoms. The predicted molar refractivity (Wildman–Crippen MR) is 70.6 cm³/mol. The number of nitrogen functional groups attached to an aromatic ring is 1.